The van der Waals surface area contributed by atoms with Crippen molar-refractivity contribution >= 4 is 23.1 Å². The van der Waals surface area contributed by atoms with E-state index in [0.717, 1.165) is 56.0 Å². The van der Waals surface area contributed by atoms with Gasteiger partial charge in [-0.1, -0.05) is 13.3 Å². The monoisotopic (exact) mass is 325 g/mol. The number of piperidine rings is 1. The molecule has 3 heterocycles. The molecule has 4 rings (SSSR count). The molecular formula is C19H23N3O2. The molecule has 126 valence electrons. The Bertz CT molecular complexity index is 783. The Morgan fingerprint density at radius 1 is 1.33 bits per heavy atom. The summed E-state index contributed by atoms with van der Waals surface area (Å²) in [5, 5.41) is 0.959. The molecule has 2 aromatic heterocycles. The fraction of sp³-hybridized carbons (Fsp3) is 0.526. The summed E-state index contributed by atoms with van der Waals surface area (Å²) in [5.41, 5.74) is 1.62. The number of likely N-dealkylation sites (tertiary alicyclic amines) is 1. The molecule has 1 aliphatic carbocycles. The molecule has 2 fully saturated rings. The van der Waals surface area contributed by atoms with Crippen molar-refractivity contribution in [3.8, 4) is 0 Å². The SMILES string of the molecule is CC1(C(=O)N2CCC(n3cc(C=O)c4ccncc43)CC2)CCC1. The molecule has 1 amide bonds. The molecular weight excluding hydrogens is 302 g/mol. The molecule has 2 aliphatic rings. The van der Waals surface area contributed by atoms with E-state index in [9.17, 15) is 9.59 Å². The molecule has 0 spiro atoms. The predicted octanol–water partition coefficient (Wildman–Crippen LogP) is 3.20. The van der Waals surface area contributed by atoms with Gasteiger partial charge in [-0.05, 0) is 31.7 Å². The molecule has 0 bridgehead atoms. The smallest absolute Gasteiger partial charge is 0.228 e. The summed E-state index contributed by atoms with van der Waals surface area (Å²) in [6.45, 7) is 3.71. The van der Waals surface area contributed by atoms with Crippen molar-refractivity contribution in [2.45, 2.75) is 45.1 Å². The third kappa shape index (κ3) is 2.34. The lowest BCUT2D eigenvalue weighted by Gasteiger charge is -2.43. The van der Waals surface area contributed by atoms with Gasteiger partial charge in [-0.2, -0.15) is 0 Å². The van der Waals surface area contributed by atoms with Crippen LogP contribution in [0.2, 0.25) is 0 Å². The number of amides is 1. The first-order chi connectivity index (χ1) is 11.6. The second-order valence-corrected chi connectivity index (χ2v) is 7.44. The van der Waals surface area contributed by atoms with E-state index in [2.05, 4.69) is 16.5 Å². The van der Waals surface area contributed by atoms with Gasteiger partial charge in [0.15, 0.2) is 6.29 Å². The first kappa shape index (κ1) is 15.4. The third-order valence-corrected chi connectivity index (χ3v) is 5.91. The van der Waals surface area contributed by atoms with Crippen molar-refractivity contribution in [1.29, 1.82) is 0 Å². The largest absolute Gasteiger partial charge is 0.342 e. The lowest BCUT2D eigenvalue weighted by molar-refractivity contribution is -0.147. The van der Waals surface area contributed by atoms with Crippen LogP contribution in [0.25, 0.3) is 10.9 Å². The molecule has 0 atom stereocenters. The number of carbonyl (C=O) groups is 2. The zero-order valence-electron chi connectivity index (χ0n) is 14.1. The summed E-state index contributed by atoms with van der Waals surface area (Å²) in [6, 6.07) is 2.22. The minimum Gasteiger partial charge on any atom is -0.342 e. The lowest BCUT2D eigenvalue weighted by atomic mass is 9.69. The van der Waals surface area contributed by atoms with Crippen LogP contribution >= 0.6 is 0 Å². The predicted molar refractivity (Wildman–Crippen MR) is 91.9 cm³/mol. The number of nitrogens with zero attached hydrogens (tertiary/aromatic N) is 3. The third-order valence-electron chi connectivity index (χ3n) is 5.91. The quantitative estimate of drug-likeness (QED) is 0.814. The minimum atomic E-state index is -0.110. The van der Waals surface area contributed by atoms with Gasteiger partial charge < -0.3 is 9.47 Å². The first-order valence-corrected chi connectivity index (χ1v) is 8.81. The molecule has 0 N–H and O–H groups in total. The van der Waals surface area contributed by atoms with Crippen molar-refractivity contribution in [1.82, 2.24) is 14.5 Å². The summed E-state index contributed by atoms with van der Waals surface area (Å²) in [6.07, 6.45) is 11.5. The van der Waals surface area contributed by atoms with Gasteiger partial charge in [0.1, 0.15) is 0 Å². The number of hydrogen-bond donors (Lipinski definition) is 0. The molecule has 2 aromatic rings. The van der Waals surface area contributed by atoms with Gasteiger partial charge in [-0.25, -0.2) is 0 Å². The number of rotatable bonds is 3. The molecule has 0 radical (unpaired) electrons. The number of aldehydes is 1. The highest BCUT2D eigenvalue weighted by Crippen LogP contribution is 2.42. The Balaban J connectivity index is 1.52. The van der Waals surface area contributed by atoms with Gasteiger partial charge in [0.25, 0.3) is 0 Å². The second-order valence-electron chi connectivity index (χ2n) is 7.44. The lowest BCUT2D eigenvalue weighted by Crippen LogP contribution is -2.49. The number of pyridine rings is 1. The average molecular weight is 325 g/mol. The highest BCUT2D eigenvalue weighted by atomic mass is 16.2. The van der Waals surface area contributed by atoms with Crippen LogP contribution in [0.5, 0.6) is 0 Å². The van der Waals surface area contributed by atoms with E-state index in [-0.39, 0.29) is 5.41 Å². The van der Waals surface area contributed by atoms with Gasteiger partial charge in [0.2, 0.25) is 5.91 Å². The van der Waals surface area contributed by atoms with Crippen LogP contribution in [0.4, 0.5) is 0 Å². The Kier molecular flexibility index (Phi) is 3.66. The Labute approximate surface area is 141 Å². The number of hydrogen-bond acceptors (Lipinski definition) is 3. The van der Waals surface area contributed by atoms with E-state index in [4.69, 9.17) is 0 Å². The summed E-state index contributed by atoms with van der Waals surface area (Å²) in [7, 11) is 0. The van der Waals surface area contributed by atoms with Crippen LogP contribution in [0.15, 0.2) is 24.7 Å². The fourth-order valence-electron chi connectivity index (χ4n) is 4.17. The molecule has 5 nitrogen and oxygen atoms in total. The van der Waals surface area contributed by atoms with E-state index in [0.29, 0.717) is 17.5 Å². The highest BCUT2D eigenvalue weighted by Gasteiger charge is 2.42. The molecule has 24 heavy (non-hydrogen) atoms. The zero-order chi connectivity index (χ0) is 16.7. The van der Waals surface area contributed by atoms with Gasteiger partial charge in [-0.3, -0.25) is 14.6 Å². The standard InChI is InChI=1S/C19H23N3O2/c1-19(6-2-7-19)18(24)21-9-4-15(5-10-21)22-12-14(13-23)16-3-8-20-11-17(16)22/h3,8,11-13,15H,2,4-7,9-10H2,1H3. The van der Waals surface area contributed by atoms with E-state index >= 15 is 0 Å². The van der Waals surface area contributed by atoms with Crippen LogP contribution in [0.3, 0.4) is 0 Å². The summed E-state index contributed by atoms with van der Waals surface area (Å²) in [5.74, 6) is 0.333. The molecule has 0 aromatic carbocycles. The van der Waals surface area contributed by atoms with Gasteiger partial charge >= 0.3 is 0 Å². The minimum absolute atomic E-state index is 0.110. The Hall–Kier alpha value is -2.17. The topological polar surface area (TPSA) is 55.2 Å². The van der Waals surface area contributed by atoms with Gasteiger partial charge in [0, 0.05) is 47.9 Å². The van der Waals surface area contributed by atoms with Crippen molar-refractivity contribution in [3.63, 3.8) is 0 Å². The number of carbonyl (C=O) groups excluding carboxylic acids is 2. The molecule has 1 aliphatic heterocycles. The van der Waals surface area contributed by atoms with Crippen LogP contribution in [0.1, 0.15) is 55.4 Å². The normalized spacial score (nSPS) is 20.8. The van der Waals surface area contributed by atoms with Gasteiger partial charge in [-0.15, -0.1) is 0 Å². The maximum absolute atomic E-state index is 12.7. The first-order valence-electron chi connectivity index (χ1n) is 8.81. The van der Waals surface area contributed by atoms with E-state index in [1.807, 2.05) is 23.4 Å². The summed E-state index contributed by atoms with van der Waals surface area (Å²) in [4.78, 5) is 30.2. The van der Waals surface area contributed by atoms with E-state index in [1.54, 1.807) is 6.20 Å². The van der Waals surface area contributed by atoms with Crippen LogP contribution in [-0.4, -0.2) is 39.7 Å². The van der Waals surface area contributed by atoms with Crippen molar-refractivity contribution in [3.05, 3.63) is 30.2 Å². The maximum Gasteiger partial charge on any atom is 0.228 e. The maximum atomic E-state index is 12.7. The van der Waals surface area contributed by atoms with Crippen LogP contribution in [-0.2, 0) is 4.79 Å². The number of fused-ring (bicyclic) bond motifs is 1. The number of aromatic nitrogens is 2. The fourth-order valence-corrected chi connectivity index (χ4v) is 4.17. The van der Waals surface area contributed by atoms with Crippen LogP contribution in [0, 0.1) is 5.41 Å². The summed E-state index contributed by atoms with van der Waals surface area (Å²) >= 11 is 0. The highest BCUT2D eigenvalue weighted by molar-refractivity contribution is 5.97. The molecule has 1 saturated heterocycles. The zero-order valence-corrected chi connectivity index (χ0v) is 14.1. The molecule has 0 unspecified atom stereocenters. The van der Waals surface area contributed by atoms with E-state index < -0.39 is 0 Å². The molecule has 1 saturated carbocycles. The Morgan fingerprint density at radius 3 is 2.71 bits per heavy atom. The van der Waals surface area contributed by atoms with E-state index in [1.165, 1.54) is 6.42 Å². The average Bonchev–Trinajstić information content (AvgIpc) is 2.98. The Morgan fingerprint density at radius 2 is 2.08 bits per heavy atom. The second kappa shape index (κ2) is 5.72. The van der Waals surface area contributed by atoms with Gasteiger partial charge in [0.05, 0.1) is 11.7 Å². The van der Waals surface area contributed by atoms with Crippen molar-refractivity contribution in [2.75, 3.05) is 13.1 Å². The van der Waals surface area contributed by atoms with Crippen molar-refractivity contribution < 1.29 is 9.59 Å². The van der Waals surface area contributed by atoms with Crippen molar-refractivity contribution in [2.24, 2.45) is 5.41 Å². The molecule has 5 heteroatoms. The summed E-state index contributed by atoms with van der Waals surface area (Å²) < 4.78 is 2.18. The van der Waals surface area contributed by atoms with Crippen LogP contribution < -0.4 is 0 Å².